The Morgan fingerprint density at radius 3 is 2.67 bits per heavy atom. The van der Waals surface area contributed by atoms with E-state index in [-0.39, 0.29) is 0 Å². The summed E-state index contributed by atoms with van der Waals surface area (Å²) in [6.07, 6.45) is 1.12. The van der Waals surface area contributed by atoms with Gasteiger partial charge in [-0.15, -0.1) is 11.8 Å². The fourth-order valence-corrected chi connectivity index (χ4v) is 2.54. The Morgan fingerprint density at radius 1 is 1.33 bits per heavy atom. The summed E-state index contributed by atoms with van der Waals surface area (Å²) in [6, 6.07) is 6.51. The zero-order chi connectivity index (χ0) is 8.97. The molecule has 12 heavy (non-hydrogen) atoms. The lowest BCUT2D eigenvalue weighted by atomic mass is 10.2. The molecule has 0 saturated carbocycles. The summed E-state index contributed by atoms with van der Waals surface area (Å²) in [5.74, 6) is 1.14. The van der Waals surface area contributed by atoms with Crippen molar-refractivity contribution in [2.75, 3.05) is 5.75 Å². The monoisotopic (exact) mass is 244 g/mol. The summed E-state index contributed by atoms with van der Waals surface area (Å²) in [6.45, 7) is 4.38. The first-order valence-corrected chi connectivity index (χ1v) is 5.97. The van der Waals surface area contributed by atoms with Crippen molar-refractivity contribution in [1.29, 1.82) is 0 Å². The van der Waals surface area contributed by atoms with Gasteiger partial charge in [0, 0.05) is 9.37 Å². The van der Waals surface area contributed by atoms with Gasteiger partial charge < -0.3 is 0 Å². The van der Waals surface area contributed by atoms with Gasteiger partial charge in [-0.1, -0.05) is 35.8 Å². The van der Waals surface area contributed by atoms with Crippen molar-refractivity contribution in [1.82, 2.24) is 0 Å². The Kier molecular flexibility index (Phi) is 4.16. The van der Waals surface area contributed by atoms with E-state index in [0.717, 1.165) is 12.2 Å². The van der Waals surface area contributed by atoms with E-state index in [1.807, 2.05) is 11.8 Å². The van der Waals surface area contributed by atoms with Crippen LogP contribution in [0.3, 0.4) is 0 Å². The van der Waals surface area contributed by atoms with Gasteiger partial charge in [0.05, 0.1) is 0 Å². The Bertz CT molecular complexity index is 258. The zero-order valence-electron chi connectivity index (χ0n) is 7.43. The number of benzene rings is 1. The smallest absolute Gasteiger partial charge is 0.0186 e. The minimum atomic E-state index is 1.12. The quantitative estimate of drug-likeness (QED) is 0.722. The summed E-state index contributed by atoms with van der Waals surface area (Å²) >= 11 is 5.39. The molecule has 0 aromatic heterocycles. The van der Waals surface area contributed by atoms with Crippen LogP contribution in [0, 0.1) is 0 Å². The molecule has 0 fully saturated rings. The molecule has 0 spiro atoms. The Balaban J connectivity index is 2.95. The molecule has 0 aliphatic heterocycles. The van der Waals surface area contributed by atoms with Crippen LogP contribution in [-0.4, -0.2) is 5.75 Å². The lowest BCUT2D eigenvalue weighted by molar-refractivity contribution is 1.08. The van der Waals surface area contributed by atoms with Crippen molar-refractivity contribution in [2.24, 2.45) is 0 Å². The first-order chi connectivity index (χ1) is 5.77. The Labute approximate surface area is 86.9 Å². The largest absolute Gasteiger partial charge is 0.126 e. The van der Waals surface area contributed by atoms with E-state index < -0.39 is 0 Å². The van der Waals surface area contributed by atoms with Gasteiger partial charge in [-0.25, -0.2) is 0 Å². The van der Waals surface area contributed by atoms with Gasteiger partial charge in [-0.3, -0.25) is 0 Å². The zero-order valence-corrected chi connectivity index (χ0v) is 9.83. The van der Waals surface area contributed by atoms with Crippen molar-refractivity contribution in [3.63, 3.8) is 0 Å². The number of rotatable bonds is 3. The first-order valence-electron chi connectivity index (χ1n) is 4.19. The highest BCUT2D eigenvalue weighted by Gasteiger charge is 2.00. The molecule has 0 nitrogen and oxygen atoms in total. The van der Waals surface area contributed by atoms with Crippen molar-refractivity contribution in [3.05, 3.63) is 28.2 Å². The highest BCUT2D eigenvalue weighted by molar-refractivity contribution is 9.10. The summed E-state index contributed by atoms with van der Waals surface area (Å²) < 4.78 is 1.18. The van der Waals surface area contributed by atoms with Gasteiger partial charge in [0.25, 0.3) is 0 Å². The average Bonchev–Trinajstić information content (AvgIpc) is 2.05. The SMILES string of the molecule is CCSc1cc(Br)ccc1CC. The van der Waals surface area contributed by atoms with E-state index in [1.54, 1.807) is 0 Å². The molecule has 0 N–H and O–H groups in total. The number of hydrogen-bond donors (Lipinski definition) is 0. The predicted octanol–water partition coefficient (Wildman–Crippen LogP) is 4.12. The fraction of sp³-hybridized carbons (Fsp3) is 0.400. The first kappa shape index (κ1) is 10.1. The third kappa shape index (κ3) is 2.53. The second-order valence-electron chi connectivity index (χ2n) is 2.54. The third-order valence-corrected chi connectivity index (χ3v) is 3.18. The van der Waals surface area contributed by atoms with Crippen LogP contribution in [0.25, 0.3) is 0 Å². The molecule has 0 bridgehead atoms. The van der Waals surface area contributed by atoms with E-state index in [2.05, 4.69) is 48.0 Å². The molecule has 1 aromatic rings. The molecule has 2 heteroatoms. The minimum Gasteiger partial charge on any atom is -0.126 e. The topological polar surface area (TPSA) is 0 Å². The summed E-state index contributed by atoms with van der Waals surface area (Å²) in [5, 5.41) is 0. The third-order valence-electron chi connectivity index (χ3n) is 1.71. The van der Waals surface area contributed by atoms with E-state index in [0.29, 0.717) is 0 Å². The van der Waals surface area contributed by atoms with Crippen molar-refractivity contribution >= 4 is 27.7 Å². The molecular weight excluding hydrogens is 232 g/mol. The summed E-state index contributed by atoms with van der Waals surface area (Å²) in [4.78, 5) is 1.41. The van der Waals surface area contributed by atoms with Crippen LogP contribution in [0.5, 0.6) is 0 Å². The number of thioether (sulfide) groups is 1. The van der Waals surface area contributed by atoms with Crippen molar-refractivity contribution in [3.8, 4) is 0 Å². The molecule has 0 radical (unpaired) electrons. The second-order valence-corrected chi connectivity index (χ2v) is 4.76. The lowest BCUT2D eigenvalue weighted by Crippen LogP contribution is -1.85. The highest BCUT2D eigenvalue weighted by atomic mass is 79.9. The summed E-state index contributed by atoms with van der Waals surface area (Å²) in [5.41, 5.74) is 1.45. The molecule has 0 saturated heterocycles. The maximum atomic E-state index is 3.48. The second kappa shape index (κ2) is 4.93. The van der Waals surface area contributed by atoms with Crippen LogP contribution < -0.4 is 0 Å². The van der Waals surface area contributed by atoms with E-state index in [4.69, 9.17) is 0 Å². The highest BCUT2D eigenvalue weighted by Crippen LogP contribution is 2.26. The van der Waals surface area contributed by atoms with Gasteiger partial charge in [-0.2, -0.15) is 0 Å². The van der Waals surface area contributed by atoms with Crippen LogP contribution >= 0.6 is 27.7 Å². The van der Waals surface area contributed by atoms with Gasteiger partial charge in [0.2, 0.25) is 0 Å². The van der Waals surface area contributed by atoms with Gasteiger partial charge in [0.1, 0.15) is 0 Å². The van der Waals surface area contributed by atoms with Crippen LogP contribution in [0.1, 0.15) is 19.4 Å². The molecular formula is C10H13BrS. The van der Waals surface area contributed by atoms with Crippen molar-refractivity contribution in [2.45, 2.75) is 25.2 Å². The molecule has 0 amide bonds. The molecule has 0 atom stereocenters. The summed E-state index contributed by atoms with van der Waals surface area (Å²) in [7, 11) is 0. The number of hydrogen-bond acceptors (Lipinski definition) is 1. The molecule has 0 aliphatic rings. The molecule has 66 valence electrons. The van der Waals surface area contributed by atoms with Crippen LogP contribution in [0.2, 0.25) is 0 Å². The minimum absolute atomic E-state index is 1.12. The Hall–Kier alpha value is 0.0500. The lowest BCUT2D eigenvalue weighted by Gasteiger charge is -2.05. The average molecular weight is 245 g/mol. The van der Waals surface area contributed by atoms with E-state index in [9.17, 15) is 0 Å². The normalized spacial score (nSPS) is 10.2. The van der Waals surface area contributed by atoms with Gasteiger partial charge in [0.15, 0.2) is 0 Å². The van der Waals surface area contributed by atoms with Crippen LogP contribution in [-0.2, 0) is 6.42 Å². The maximum Gasteiger partial charge on any atom is 0.0186 e. The predicted molar refractivity (Wildman–Crippen MR) is 59.9 cm³/mol. The van der Waals surface area contributed by atoms with E-state index in [1.165, 1.54) is 14.9 Å². The number of halogens is 1. The van der Waals surface area contributed by atoms with E-state index >= 15 is 0 Å². The standard InChI is InChI=1S/C10H13BrS/c1-3-8-5-6-9(11)7-10(8)12-4-2/h5-7H,3-4H2,1-2H3. The maximum absolute atomic E-state index is 3.48. The van der Waals surface area contributed by atoms with Gasteiger partial charge in [-0.05, 0) is 29.9 Å². The van der Waals surface area contributed by atoms with Crippen LogP contribution in [0.4, 0.5) is 0 Å². The fourth-order valence-electron chi connectivity index (χ4n) is 1.11. The number of aryl methyl sites for hydroxylation is 1. The van der Waals surface area contributed by atoms with Gasteiger partial charge >= 0.3 is 0 Å². The molecule has 0 unspecified atom stereocenters. The Morgan fingerprint density at radius 2 is 2.08 bits per heavy atom. The molecule has 1 rings (SSSR count). The van der Waals surface area contributed by atoms with Crippen LogP contribution in [0.15, 0.2) is 27.6 Å². The van der Waals surface area contributed by atoms with Crippen molar-refractivity contribution < 1.29 is 0 Å². The molecule has 0 heterocycles. The molecule has 1 aromatic carbocycles. The molecule has 0 aliphatic carbocycles.